The van der Waals surface area contributed by atoms with Gasteiger partial charge in [0.15, 0.2) is 0 Å². The monoisotopic (exact) mass is 481 g/mol. The quantitative estimate of drug-likeness (QED) is 0.321. The lowest BCUT2D eigenvalue weighted by atomic mass is 10.1. The predicted octanol–water partition coefficient (Wildman–Crippen LogP) is 4.44. The summed E-state index contributed by atoms with van der Waals surface area (Å²) >= 11 is 11.9. The van der Waals surface area contributed by atoms with Crippen LogP contribution in [0.15, 0.2) is 48.3 Å². The Morgan fingerprint density at radius 1 is 1.25 bits per heavy atom. The Labute approximate surface area is 201 Å². The van der Waals surface area contributed by atoms with Crippen molar-refractivity contribution in [2.24, 2.45) is 0 Å². The first kappa shape index (κ1) is 26.1. The summed E-state index contributed by atoms with van der Waals surface area (Å²) in [5.74, 6) is 0.616. The number of nitrogens with one attached hydrogen (secondary N) is 2. The van der Waals surface area contributed by atoms with E-state index in [4.69, 9.17) is 27.9 Å². The van der Waals surface area contributed by atoms with Gasteiger partial charge in [-0.05, 0) is 50.4 Å². The molecule has 0 fully saturated rings. The van der Waals surface area contributed by atoms with Crippen LogP contribution in [0.5, 0.6) is 0 Å². The number of anilines is 1. The molecule has 1 aromatic rings. The average Bonchev–Trinajstić information content (AvgIpc) is 2.78. The number of carbonyl (C=O) groups is 2. The maximum Gasteiger partial charge on any atom is 0.306 e. The molecule has 0 radical (unpaired) electrons. The Bertz CT molecular complexity index is 813. The molecule has 1 amide bonds. The van der Waals surface area contributed by atoms with Crippen LogP contribution in [0.1, 0.15) is 38.2 Å². The summed E-state index contributed by atoms with van der Waals surface area (Å²) in [4.78, 5) is 26.3. The van der Waals surface area contributed by atoms with Crippen LogP contribution in [0, 0.1) is 0 Å². The van der Waals surface area contributed by atoms with Crippen molar-refractivity contribution in [3.05, 3.63) is 53.9 Å². The third-order valence-electron chi connectivity index (χ3n) is 5.06. The van der Waals surface area contributed by atoms with Crippen molar-refractivity contribution in [1.29, 1.82) is 0 Å². The van der Waals surface area contributed by atoms with Gasteiger partial charge in [-0.3, -0.25) is 9.59 Å². The SMILES string of the molecule is CC(CNC(=O)C1=CN(C)C=CC1)OC(=O)CCCc1ccccc1NC(CCl)CCCl. The topological polar surface area (TPSA) is 70.7 Å². The number of alkyl halides is 2. The third kappa shape index (κ3) is 9.13. The second kappa shape index (κ2) is 14.1. The van der Waals surface area contributed by atoms with Gasteiger partial charge >= 0.3 is 5.97 Å². The van der Waals surface area contributed by atoms with Gasteiger partial charge in [-0.2, -0.15) is 0 Å². The van der Waals surface area contributed by atoms with Gasteiger partial charge in [-0.25, -0.2) is 0 Å². The Kier molecular flexibility index (Phi) is 11.5. The Balaban J connectivity index is 1.72. The fraction of sp³-hybridized carbons (Fsp3) is 0.500. The molecule has 1 aromatic carbocycles. The van der Waals surface area contributed by atoms with Crippen molar-refractivity contribution in [3.8, 4) is 0 Å². The lowest BCUT2D eigenvalue weighted by Crippen LogP contribution is -2.34. The van der Waals surface area contributed by atoms with Gasteiger partial charge in [0.25, 0.3) is 0 Å². The lowest BCUT2D eigenvalue weighted by molar-refractivity contribution is -0.148. The van der Waals surface area contributed by atoms with Crippen LogP contribution in [0.4, 0.5) is 5.69 Å². The molecule has 6 nitrogen and oxygen atoms in total. The van der Waals surface area contributed by atoms with Gasteiger partial charge in [-0.15, -0.1) is 23.2 Å². The van der Waals surface area contributed by atoms with Crippen LogP contribution < -0.4 is 10.6 Å². The summed E-state index contributed by atoms with van der Waals surface area (Å²) in [6.07, 6.45) is 8.35. The molecule has 2 rings (SSSR count). The molecule has 32 heavy (non-hydrogen) atoms. The fourth-order valence-electron chi connectivity index (χ4n) is 3.36. The van der Waals surface area contributed by atoms with Crippen LogP contribution in [0.3, 0.4) is 0 Å². The zero-order valence-electron chi connectivity index (χ0n) is 18.8. The highest BCUT2D eigenvalue weighted by molar-refractivity contribution is 6.19. The van der Waals surface area contributed by atoms with E-state index in [1.54, 1.807) is 13.1 Å². The molecule has 0 bridgehead atoms. The van der Waals surface area contributed by atoms with Crippen molar-refractivity contribution < 1.29 is 14.3 Å². The molecular weight excluding hydrogens is 449 g/mol. The van der Waals surface area contributed by atoms with Crippen LogP contribution in [-0.4, -0.2) is 54.3 Å². The van der Waals surface area contributed by atoms with Crippen molar-refractivity contribution in [2.75, 3.05) is 30.7 Å². The predicted molar refractivity (Wildman–Crippen MR) is 131 cm³/mol. The summed E-state index contributed by atoms with van der Waals surface area (Å²) < 4.78 is 5.45. The van der Waals surface area contributed by atoms with Gasteiger partial charge in [0.1, 0.15) is 6.10 Å². The second-order valence-corrected chi connectivity index (χ2v) is 8.59. The third-order valence-corrected chi connectivity index (χ3v) is 5.65. The number of aryl methyl sites for hydroxylation is 1. The molecule has 0 saturated heterocycles. The summed E-state index contributed by atoms with van der Waals surface area (Å²) in [7, 11) is 1.87. The number of allylic oxidation sites excluding steroid dienone is 1. The Hall–Kier alpha value is -2.18. The Morgan fingerprint density at radius 2 is 2.03 bits per heavy atom. The van der Waals surface area contributed by atoms with E-state index in [9.17, 15) is 9.59 Å². The number of para-hydroxylation sites is 1. The molecule has 2 unspecified atom stereocenters. The number of ether oxygens (including phenoxy) is 1. The molecule has 1 aliphatic heterocycles. The number of rotatable bonds is 13. The van der Waals surface area contributed by atoms with Crippen molar-refractivity contribution in [2.45, 2.75) is 51.2 Å². The van der Waals surface area contributed by atoms with Gasteiger partial charge < -0.3 is 20.3 Å². The molecule has 2 N–H and O–H groups in total. The smallest absolute Gasteiger partial charge is 0.306 e. The molecular formula is C24H33Cl2N3O3. The number of carbonyl (C=O) groups excluding carboxylic acids is 2. The highest BCUT2D eigenvalue weighted by atomic mass is 35.5. The zero-order valence-corrected chi connectivity index (χ0v) is 20.3. The fourth-order valence-corrected chi connectivity index (χ4v) is 3.85. The second-order valence-electron chi connectivity index (χ2n) is 7.90. The molecule has 0 spiro atoms. The molecule has 0 aliphatic carbocycles. The molecule has 8 heteroatoms. The first-order valence-electron chi connectivity index (χ1n) is 11.0. The molecule has 0 aromatic heterocycles. The summed E-state index contributed by atoms with van der Waals surface area (Å²) in [5.41, 5.74) is 2.83. The van der Waals surface area contributed by atoms with E-state index in [0.29, 0.717) is 36.6 Å². The summed E-state index contributed by atoms with van der Waals surface area (Å²) in [5, 5.41) is 6.27. The highest BCUT2D eigenvalue weighted by Gasteiger charge is 2.15. The molecule has 1 heterocycles. The maximum absolute atomic E-state index is 12.2. The van der Waals surface area contributed by atoms with Crippen LogP contribution in [0.25, 0.3) is 0 Å². The number of benzene rings is 1. The van der Waals surface area contributed by atoms with Crippen LogP contribution in [0.2, 0.25) is 0 Å². The lowest BCUT2D eigenvalue weighted by Gasteiger charge is -2.19. The minimum absolute atomic E-state index is 0.108. The minimum atomic E-state index is -0.391. The Morgan fingerprint density at radius 3 is 2.75 bits per heavy atom. The normalized spacial score (nSPS) is 15.0. The van der Waals surface area contributed by atoms with Gasteiger partial charge in [0.2, 0.25) is 5.91 Å². The van der Waals surface area contributed by atoms with Gasteiger partial charge in [-0.1, -0.05) is 24.3 Å². The number of esters is 1. The number of hydrogen-bond donors (Lipinski definition) is 2. The summed E-state index contributed by atoms with van der Waals surface area (Å²) in [6.45, 7) is 2.06. The van der Waals surface area contributed by atoms with E-state index < -0.39 is 6.10 Å². The molecule has 2 atom stereocenters. The zero-order chi connectivity index (χ0) is 23.3. The number of nitrogens with zero attached hydrogens (tertiary/aromatic N) is 1. The van der Waals surface area contributed by atoms with Crippen molar-refractivity contribution in [1.82, 2.24) is 10.2 Å². The van der Waals surface area contributed by atoms with E-state index in [1.807, 2.05) is 48.5 Å². The van der Waals surface area contributed by atoms with E-state index in [1.165, 1.54) is 0 Å². The molecule has 0 saturated carbocycles. The first-order valence-corrected chi connectivity index (χ1v) is 12.0. The van der Waals surface area contributed by atoms with Crippen LogP contribution in [-0.2, 0) is 20.7 Å². The summed E-state index contributed by atoms with van der Waals surface area (Å²) in [6, 6.07) is 8.12. The molecule has 176 valence electrons. The molecule has 1 aliphatic rings. The van der Waals surface area contributed by atoms with Gasteiger partial charge in [0.05, 0.1) is 6.54 Å². The van der Waals surface area contributed by atoms with Crippen molar-refractivity contribution in [3.63, 3.8) is 0 Å². The first-order chi connectivity index (χ1) is 15.4. The standard InChI is InChI=1S/C24H33Cl2N3O3/c1-18(16-27-24(31)20-9-6-14-29(2)17-20)32-23(30)11-5-8-19-7-3-4-10-22(19)28-21(15-26)12-13-25/h3-4,6-7,10,14,17-18,21,28H,5,8-9,11-13,15-16H2,1-2H3,(H,27,31). The van der Waals surface area contributed by atoms with E-state index in [-0.39, 0.29) is 24.5 Å². The number of amides is 1. The van der Waals surface area contributed by atoms with E-state index >= 15 is 0 Å². The largest absolute Gasteiger partial charge is 0.461 e. The van der Waals surface area contributed by atoms with Crippen LogP contribution >= 0.6 is 23.2 Å². The van der Waals surface area contributed by atoms with Crippen molar-refractivity contribution >= 4 is 40.8 Å². The average molecular weight is 482 g/mol. The minimum Gasteiger partial charge on any atom is -0.461 e. The van der Waals surface area contributed by atoms with E-state index in [0.717, 1.165) is 24.1 Å². The number of hydrogen-bond acceptors (Lipinski definition) is 5. The highest BCUT2D eigenvalue weighted by Crippen LogP contribution is 2.20. The maximum atomic E-state index is 12.2. The number of halogens is 2. The van der Waals surface area contributed by atoms with Gasteiger partial charge in [0, 0.05) is 48.7 Å². The van der Waals surface area contributed by atoms with E-state index in [2.05, 4.69) is 10.6 Å².